The summed E-state index contributed by atoms with van der Waals surface area (Å²) in [7, 11) is 1.70. The summed E-state index contributed by atoms with van der Waals surface area (Å²) in [6, 6.07) is 1.04. The summed E-state index contributed by atoms with van der Waals surface area (Å²) in [6.07, 6.45) is 10.5. The minimum absolute atomic E-state index is 0.380. The smallest absolute Gasteiger partial charge is 0.176 e. The van der Waals surface area contributed by atoms with Crippen molar-refractivity contribution in [2.75, 3.05) is 7.11 Å². The Balaban J connectivity index is 1.68. The van der Waals surface area contributed by atoms with E-state index in [9.17, 15) is 0 Å². The van der Waals surface area contributed by atoms with E-state index in [0.717, 1.165) is 18.2 Å². The highest BCUT2D eigenvalue weighted by Crippen LogP contribution is 2.26. The number of nitrogens with one attached hydrogen (secondary N) is 1. The summed E-state index contributed by atoms with van der Waals surface area (Å²) >= 11 is 0. The molecule has 1 atom stereocenters. The molecule has 5 nitrogen and oxygen atoms in total. The Morgan fingerprint density at radius 1 is 1.15 bits per heavy atom. The van der Waals surface area contributed by atoms with Crippen molar-refractivity contribution in [1.29, 1.82) is 0 Å². The molecule has 2 heterocycles. The first kappa shape index (κ1) is 14.0. The normalized spacial score (nSPS) is 24.4. The van der Waals surface area contributed by atoms with Gasteiger partial charge in [0.1, 0.15) is 12.4 Å². The molecule has 1 saturated carbocycles. The molecule has 0 radical (unpaired) electrons. The molecule has 1 aromatic rings. The van der Waals surface area contributed by atoms with Crippen LogP contribution in [0.25, 0.3) is 0 Å². The van der Waals surface area contributed by atoms with Crippen molar-refractivity contribution in [2.24, 2.45) is 0 Å². The molecule has 2 aliphatic rings. The van der Waals surface area contributed by atoms with Crippen LogP contribution in [0.3, 0.4) is 0 Å². The summed E-state index contributed by atoms with van der Waals surface area (Å²) in [6.45, 7) is 1.51. The van der Waals surface area contributed by atoms with Crippen LogP contribution in [-0.4, -0.2) is 27.9 Å². The average Bonchev–Trinajstić information content (AvgIpc) is 2.69. The van der Waals surface area contributed by atoms with Gasteiger partial charge in [-0.1, -0.05) is 25.7 Å². The van der Waals surface area contributed by atoms with Gasteiger partial charge in [-0.3, -0.25) is 0 Å². The summed E-state index contributed by atoms with van der Waals surface area (Å²) in [5, 5.41) is 8.39. The van der Waals surface area contributed by atoms with Crippen LogP contribution in [0.5, 0.6) is 0 Å². The lowest BCUT2D eigenvalue weighted by molar-refractivity contribution is 0.177. The fourth-order valence-electron chi connectivity index (χ4n) is 3.48. The largest absolute Gasteiger partial charge is 0.377 e. The summed E-state index contributed by atoms with van der Waals surface area (Å²) < 4.78 is 7.22. The van der Waals surface area contributed by atoms with Gasteiger partial charge in [0.15, 0.2) is 5.82 Å². The van der Waals surface area contributed by atoms with E-state index in [4.69, 9.17) is 4.74 Å². The summed E-state index contributed by atoms with van der Waals surface area (Å²) in [5.41, 5.74) is 0. The van der Waals surface area contributed by atoms with Gasteiger partial charge in [0.2, 0.25) is 0 Å². The van der Waals surface area contributed by atoms with Crippen molar-refractivity contribution in [1.82, 2.24) is 20.1 Å². The Morgan fingerprint density at radius 2 is 1.95 bits per heavy atom. The standard InChI is InChI=1S/C15H26N4O/c1-20-11-14-17-15-13(9-6-10-19(15)18-14)16-12-7-4-2-3-5-8-12/h12-13,16H,2-11H2,1H3/t13-/m0/s1. The van der Waals surface area contributed by atoms with Crippen LogP contribution in [-0.2, 0) is 17.9 Å². The minimum Gasteiger partial charge on any atom is -0.377 e. The Morgan fingerprint density at radius 3 is 2.70 bits per heavy atom. The predicted octanol–water partition coefficient (Wildman–Crippen LogP) is 2.57. The second kappa shape index (κ2) is 6.68. The minimum atomic E-state index is 0.380. The molecule has 0 unspecified atom stereocenters. The van der Waals surface area contributed by atoms with Gasteiger partial charge < -0.3 is 10.1 Å². The third kappa shape index (κ3) is 3.20. The molecule has 1 fully saturated rings. The van der Waals surface area contributed by atoms with Gasteiger partial charge in [-0.25, -0.2) is 9.67 Å². The van der Waals surface area contributed by atoms with Crippen LogP contribution in [0, 0.1) is 0 Å². The maximum atomic E-state index is 5.15. The first-order valence-electron chi connectivity index (χ1n) is 8.05. The van der Waals surface area contributed by atoms with Gasteiger partial charge >= 0.3 is 0 Å². The molecular formula is C15H26N4O. The van der Waals surface area contributed by atoms with Crippen molar-refractivity contribution in [3.8, 4) is 0 Å². The number of methoxy groups -OCH3 is 1. The molecular weight excluding hydrogens is 252 g/mol. The van der Waals surface area contributed by atoms with Crippen LogP contribution >= 0.6 is 0 Å². The van der Waals surface area contributed by atoms with Gasteiger partial charge in [-0.15, -0.1) is 0 Å². The molecule has 0 amide bonds. The first-order chi connectivity index (χ1) is 9.86. The number of ether oxygens (including phenoxy) is 1. The molecule has 5 heteroatoms. The quantitative estimate of drug-likeness (QED) is 0.860. The maximum absolute atomic E-state index is 5.15. The predicted molar refractivity (Wildman–Crippen MR) is 77.3 cm³/mol. The molecule has 0 saturated heterocycles. The van der Waals surface area contributed by atoms with Crippen molar-refractivity contribution in [3.63, 3.8) is 0 Å². The van der Waals surface area contributed by atoms with Crippen molar-refractivity contribution in [3.05, 3.63) is 11.6 Å². The van der Waals surface area contributed by atoms with E-state index in [1.165, 1.54) is 51.4 Å². The van der Waals surface area contributed by atoms with E-state index >= 15 is 0 Å². The van der Waals surface area contributed by atoms with E-state index < -0.39 is 0 Å². The number of rotatable bonds is 4. The van der Waals surface area contributed by atoms with Crippen LogP contribution in [0.15, 0.2) is 0 Å². The number of hydrogen-bond donors (Lipinski definition) is 1. The van der Waals surface area contributed by atoms with Crippen molar-refractivity contribution in [2.45, 2.75) is 76.6 Å². The molecule has 1 N–H and O–H groups in total. The molecule has 0 aromatic carbocycles. The van der Waals surface area contributed by atoms with Crippen LogP contribution in [0.4, 0.5) is 0 Å². The van der Waals surface area contributed by atoms with Crippen molar-refractivity contribution >= 4 is 0 Å². The molecule has 0 bridgehead atoms. The topological polar surface area (TPSA) is 52.0 Å². The highest BCUT2D eigenvalue weighted by Gasteiger charge is 2.26. The number of aromatic nitrogens is 3. The number of fused-ring (bicyclic) bond motifs is 1. The maximum Gasteiger partial charge on any atom is 0.176 e. The zero-order valence-corrected chi connectivity index (χ0v) is 12.5. The average molecular weight is 278 g/mol. The zero-order valence-electron chi connectivity index (χ0n) is 12.5. The van der Waals surface area contributed by atoms with Gasteiger partial charge in [0, 0.05) is 19.7 Å². The zero-order chi connectivity index (χ0) is 13.8. The second-order valence-corrected chi connectivity index (χ2v) is 6.09. The Kier molecular flexibility index (Phi) is 4.68. The van der Waals surface area contributed by atoms with Gasteiger partial charge in [0.25, 0.3) is 0 Å². The second-order valence-electron chi connectivity index (χ2n) is 6.09. The molecule has 1 aliphatic carbocycles. The molecule has 1 aliphatic heterocycles. The van der Waals surface area contributed by atoms with Crippen LogP contribution < -0.4 is 5.32 Å². The molecule has 20 heavy (non-hydrogen) atoms. The Bertz CT molecular complexity index is 424. The lowest BCUT2D eigenvalue weighted by Gasteiger charge is -2.27. The van der Waals surface area contributed by atoms with E-state index in [1.54, 1.807) is 7.11 Å². The molecule has 0 spiro atoms. The lowest BCUT2D eigenvalue weighted by atomic mass is 10.0. The van der Waals surface area contributed by atoms with Gasteiger partial charge in [-0.05, 0) is 25.7 Å². The SMILES string of the molecule is COCc1nc2n(n1)CCC[C@@H]2NC1CCCCCC1. The summed E-state index contributed by atoms with van der Waals surface area (Å²) in [4.78, 5) is 4.68. The van der Waals surface area contributed by atoms with Crippen LogP contribution in [0.2, 0.25) is 0 Å². The third-order valence-electron chi connectivity index (χ3n) is 4.48. The van der Waals surface area contributed by atoms with Gasteiger partial charge in [0.05, 0.1) is 6.04 Å². The fourth-order valence-corrected chi connectivity index (χ4v) is 3.48. The van der Waals surface area contributed by atoms with E-state index in [1.807, 2.05) is 0 Å². The Labute approximate surface area is 121 Å². The van der Waals surface area contributed by atoms with Crippen LogP contribution in [0.1, 0.15) is 69.1 Å². The molecule has 3 rings (SSSR count). The molecule has 112 valence electrons. The fraction of sp³-hybridized carbons (Fsp3) is 0.867. The highest BCUT2D eigenvalue weighted by molar-refractivity contribution is 5.02. The van der Waals surface area contributed by atoms with Gasteiger partial charge in [-0.2, -0.15) is 5.10 Å². The summed E-state index contributed by atoms with van der Waals surface area (Å²) in [5.74, 6) is 1.93. The number of hydrogen-bond acceptors (Lipinski definition) is 4. The highest BCUT2D eigenvalue weighted by atomic mass is 16.5. The Hall–Kier alpha value is -0.940. The lowest BCUT2D eigenvalue weighted by Crippen LogP contribution is -2.36. The van der Waals surface area contributed by atoms with E-state index in [2.05, 4.69) is 20.1 Å². The monoisotopic (exact) mass is 278 g/mol. The molecule has 1 aromatic heterocycles. The number of nitrogens with zero attached hydrogens (tertiary/aromatic N) is 3. The van der Waals surface area contributed by atoms with E-state index in [-0.39, 0.29) is 0 Å². The number of aryl methyl sites for hydroxylation is 1. The first-order valence-corrected chi connectivity index (χ1v) is 8.05. The third-order valence-corrected chi connectivity index (χ3v) is 4.48. The van der Waals surface area contributed by atoms with Crippen molar-refractivity contribution < 1.29 is 4.74 Å². The van der Waals surface area contributed by atoms with E-state index in [0.29, 0.717) is 18.7 Å².